The van der Waals surface area contributed by atoms with Gasteiger partial charge in [0.25, 0.3) is 5.91 Å². The van der Waals surface area contributed by atoms with Gasteiger partial charge in [0.2, 0.25) is 5.91 Å². The van der Waals surface area contributed by atoms with Gasteiger partial charge in [-0.05, 0) is 51.0 Å². The van der Waals surface area contributed by atoms with Crippen LogP contribution in [0.15, 0.2) is 24.3 Å². The van der Waals surface area contributed by atoms with Crippen molar-refractivity contribution in [3.05, 3.63) is 35.4 Å². The lowest BCUT2D eigenvalue weighted by Gasteiger charge is -2.27. The first-order valence-electron chi connectivity index (χ1n) is 7.21. The van der Waals surface area contributed by atoms with Gasteiger partial charge >= 0.3 is 0 Å². The van der Waals surface area contributed by atoms with Gasteiger partial charge < -0.3 is 16.2 Å². The van der Waals surface area contributed by atoms with Crippen molar-refractivity contribution < 1.29 is 14.7 Å². The Balaban J connectivity index is 2.06. The van der Waals surface area contributed by atoms with Crippen LogP contribution in [0.5, 0.6) is 0 Å². The van der Waals surface area contributed by atoms with Gasteiger partial charge in [-0.25, -0.2) is 0 Å². The molecule has 1 fully saturated rings. The summed E-state index contributed by atoms with van der Waals surface area (Å²) in [5, 5.41) is 12.3. The number of nitrogens with two attached hydrogens (primary N) is 1. The van der Waals surface area contributed by atoms with Gasteiger partial charge in [-0.1, -0.05) is 11.8 Å². The maximum absolute atomic E-state index is 12.1. The molecule has 5 heteroatoms. The van der Waals surface area contributed by atoms with E-state index in [1.54, 1.807) is 24.3 Å². The van der Waals surface area contributed by atoms with Crippen molar-refractivity contribution in [1.82, 2.24) is 5.32 Å². The molecule has 1 aliphatic rings. The van der Waals surface area contributed by atoms with E-state index in [4.69, 9.17) is 5.73 Å². The lowest BCUT2D eigenvalue weighted by Crippen LogP contribution is -2.56. The highest BCUT2D eigenvalue weighted by molar-refractivity contribution is 5.97. The number of primary amides is 1. The lowest BCUT2D eigenvalue weighted by atomic mass is 9.98. The molecule has 1 unspecified atom stereocenters. The minimum atomic E-state index is -1.43. The van der Waals surface area contributed by atoms with Gasteiger partial charge in [-0.2, -0.15) is 0 Å². The standard InChI is InChI=1S/C17H20N2O3/c1-17(2,22)14(15(18)20)19-16(21)13-9-7-12(8-10-13)6-5-11-3-4-11/h7-11,14,22H,3-4H2,1-2H3,(H2,18,20)(H,19,21). The van der Waals surface area contributed by atoms with Crippen molar-refractivity contribution in [3.63, 3.8) is 0 Å². The summed E-state index contributed by atoms with van der Waals surface area (Å²) in [4.78, 5) is 23.5. The molecule has 1 saturated carbocycles. The highest BCUT2D eigenvalue weighted by Gasteiger charge is 2.33. The largest absolute Gasteiger partial charge is 0.388 e. The van der Waals surface area contributed by atoms with Gasteiger partial charge in [-0.3, -0.25) is 9.59 Å². The molecule has 22 heavy (non-hydrogen) atoms. The van der Waals surface area contributed by atoms with Crippen molar-refractivity contribution in [1.29, 1.82) is 0 Å². The minimum absolute atomic E-state index is 0.382. The fraction of sp³-hybridized carbons (Fsp3) is 0.412. The summed E-state index contributed by atoms with van der Waals surface area (Å²) < 4.78 is 0. The number of benzene rings is 1. The quantitative estimate of drug-likeness (QED) is 0.718. The van der Waals surface area contributed by atoms with Gasteiger partial charge in [0.05, 0.1) is 5.60 Å². The number of hydrogen-bond donors (Lipinski definition) is 3. The fourth-order valence-electron chi connectivity index (χ4n) is 1.93. The second-order valence-corrected chi connectivity index (χ2v) is 6.08. The molecule has 0 spiro atoms. The van der Waals surface area contributed by atoms with Gasteiger partial charge in [0, 0.05) is 17.0 Å². The van der Waals surface area contributed by atoms with Crippen LogP contribution in [-0.2, 0) is 4.79 Å². The van der Waals surface area contributed by atoms with E-state index in [0.29, 0.717) is 11.5 Å². The Bertz CT molecular complexity index is 629. The predicted molar refractivity (Wildman–Crippen MR) is 82.8 cm³/mol. The van der Waals surface area contributed by atoms with E-state index < -0.39 is 23.5 Å². The Morgan fingerprint density at radius 2 is 1.91 bits per heavy atom. The summed E-state index contributed by atoms with van der Waals surface area (Å²) in [6.07, 6.45) is 2.33. The van der Waals surface area contributed by atoms with Crippen LogP contribution < -0.4 is 11.1 Å². The van der Waals surface area contributed by atoms with Crippen LogP contribution in [0.3, 0.4) is 0 Å². The molecule has 0 bridgehead atoms. The second-order valence-electron chi connectivity index (χ2n) is 6.08. The smallest absolute Gasteiger partial charge is 0.252 e. The Morgan fingerprint density at radius 1 is 1.32 bits per heavy atom. The van der Waals surface area contributed by atoms with Crippen molar-refractivity contribution in [2.45, 2.75) is 38.3 Å². The molecule has 5 nitrogen and oxygen atoms in total. The number of hydrogen-bond acceptors (Lipinski definition) is 3. The van der Waals surface area contributed by atoms with Crippen LogP contribution in [-0.4, -0.2) is 28.6 Å². The zero-order valence-electron chi connectivity index (χ0n) is 12.7. The van der Waals surface area contributed by atoms with E-state index in [9.17, 15) is 14.7 Å². The Morgan fingerprint density at radius 3 is 2.36 bits per heavy atom. The average molecular weight is 300 g/mol. The number of carbonyl (C=O) groups excluding carboxylic acids is 2. The third-order valence-corrected chi connectivity index (χ3v) is 3.41. The molecule has 0 aromatic heterocycles. The summed E-state index contributed by atoms with van der Waals surface area (Å²) in [5.41, 5.74) is 5.01. The molecule has 2 amide bonds. The zero-order chi connectivity index (χ0) is 16.3. The first-order valence-corrected chi connectivity index (χ1v) is 7.21. The Kier molecular flexibility index (Phi) is 4.53. The maximum Gasteiger partial charge on any atom is 0.252 e. The van der Waals surface area contributed by atoms with Crippen molar-refractivity contribution in [2.24, 2.45) is 11.7 Å². The molecule has 1 aromatic rings. The van der Waals surface area contributed by atoms with Gasteiger partial charge in [-0.15, -0.1) is 0 Å². The predicted octanol–water partition coefficient (Wildman–Crippen LogP) is 0.803. The molecule has 0 aliphatic heterocycles. The number of rotatable bonds is 4. The zero-order valence-corrected chi connectivity index (χ0v) is 12.7. The number of aliphatic hydroxyl groups is 1. The molecule has 0 radical (unpaired) electrons. The van der Waals surface area contributed by atoms with Crippen molar-refractivity contribution in [3.8, 4) is 11.8 Å². The van der Waals surface area contributed by atoms with E-state index in [1.807, 2.05) is 0 Å². The first kappa shape index (κ1) is 16.1. The van der Waals surface area contributed by atoms with Crippen LogP contribution in [0.1, 0.15) is 42.6 Å². The molecule has 1 atom stereocenters. The van der Waals surface area contributed by atoms with Gasteiger partial charge in [0.15, 0.2) is 0 Å². The topological polar surface area (TPSA) is 92.4 Å². The minimum Gasteiger partial charge on any atom is -0.388 e. The van der Waals surface area contributed by atoms with Crippen LogP contribution in [0.4, 0.5) is 0 Å². The monoisotopic (exact) mass is 300 g/mol. The molecule has 1 aromatic carbocycles. The summed E-state index contributed by atoms with van der Waals surface area (Å²) in [6, 6.07) is 5.62. The number of carbonyl (C=O) groups is 2. The molecular weight excluding hydrogens is 280 g/mol. The molecule has 1 aliphatic carbocycles. The molecule has 2 rings (SSSR count). The van der Waals surface area contributed by atoms with E-state index in [-0.39, 0.29) is 0 Å². The third kappa shape index (κ3) is 4.34. The maximum atomic E-state index is 12.1. The average Bonchev–Trinajstić information content (AvgIpc) is 3.25. The fourth-order valence-corrected chi connectivity index (χ4v) is 1.93. The van der Waals surface area contributed by atoms with Gasteiger partial charge in [0.1, 0.15) is 6.04 Å². The molecule has 0 saturated heterocycles. The Hall–Kier alpha value is -2.32. The molecular formula is C17H20N2O3. The number of amides is 2. The summed E-state index contributed by atoms with van der Waals surface area (Å²) in [7, 11) is 0. The molecule has 4 N–H and O–H groups in total. The van der Waals surface area contributed by atoms with Crippen LogP contribution in [0.25, 0.3) is 0 Å². The highest BCUT2D eigenvalue weighted by atomic mass is 16.3. The summed E-state index contributed by atoms with van der Waals surface area (Å²) >= 11 is 0. The van der Waals surface area contributed by atoms with Crippen molar-refractivity contribution >= 4 is 11.8 Å². The number of nitrogens with one attached hydrogen (secondary N) is 1. The summed E-state index contributed by atoms with van der Waals surface area (Å²) in [5.74, 6) is 5.47. The first-order chi connectivity index (χ1) is 10.3. The summed E-state index contributed by atoms with van der Waals surface area (Å²) in [6.45, 7) is 2.83. The van der Waals surface area contributed by atoms with Crippen LogP contribution in [0.2, 0.25) is 0 Å². The normalized spacial score (nSPS) is 15.4. The van der Waals surface area contributed by atoms with E-state index in [0.717, 1.165) is 5.56 Å². The van der Waals surface area contributed by atoms with Crippen LogP contribution in [0, 0.1) is 17.8 Å². The SMILES string of the molecule is CC(C)(O)C(NC(=O)c1ccc(C#CC2CC2)cc1)C(N)=O. The molecule has 0 heterocycles. The highest BCUT2D eigenvalue weighted by Crippen LogP contribution is 2.27. The second kappa shape index (κ2) is 6.20. The third-order valence-electron chi connectivity index (χ3n) is 3.41. The molecule has 116 valence electrons. The van der Waals surface area contributed by atoms with E-state index >= 15 is 0 Å². The van der Waals surface area contributed by atoms with Crippen molar-refractivity contribution in [2.75, 3.05) is 0 Å². The van der Waals surface area contributed by atoms with E-state index in [1.165, 1.54) is 26.7 Å². The lowest BCUT2D eigenvalue weighted by molar-refractivity contribution is -0.125. The van der Waals surface area contributed by atoms with Crippen LogP contribution >= 0.6 is 0 Å². The Labute approximate surface area is 129 Å². The van der Waals surface area contributed by atoms with E-state index in [2.05, 4.69) is 17.2 Å².